The molecule has 1 aliphatic heterocycles. The van der Waals surface area contributed by atoms with Gasteiger partial charge in [-0.2, -0.15) is 5.26 Å². The van der Waals surface area contributed by atoms with E-state index < -0.39 is 0 Å². The Kier molecular flexibility index (Phi) is 5.40. The van der Waals surface area contributed by atoms with Crippen molar-refractivity contribution in [2.75, 3.05) is 6.61 Å². The van der Waals surface area contributed by atoms with Crippen molar-refractivity contribution in [2.45, 2.75) is 13.5 Å². The first kappa shape index (κ1) is 17.8. The Labute approximate surface area is 155 Å². The second-order valence-corrected chi connectivity index (χ2v) is 6.76. The van der Waals surface area contributed by atoms with Crippen molar-refractivity contribution in [2.24, 2.45) is 0 Å². The van der Waals surface area contributed by atoms with E-state index in [2.05, 4.69) is 0 Å². The molecule has 0 unspecified atom stereocenters. The summed E-state index contributed by atoms with van der Waals surface area (Å²) < 4.78 is 5.19. The minimum Gasteiger partial charge on any atom is -0.479 e. The van der Waals surface area contributed by atoms with Crippen LogP contribution >= 0.6 is 11.8 Å². The number of hydrogen-bond acceptors (Lipinski definition) is 5. The van der Waals surface area contributed by atoms with Crippen LogP contribution in [0.5, 0.6) is 5.75 Å². The number of amides is 2. The number of aryl methyl sites for hydroxylation is 1. The van der Waals surface area contributed by atoms with E-state index in [-0.39, 0.29) is 24.3 Å². The summed E-state index contributed by atoms with van der Waals surface area (Å²) in [4.78, 5) is 26.4. The first-order chi connectivity index (χ1) is 12.6. The largest absolute Gasteiger partial charge is 0.479 e. The Morgan fingerprint density at radius 1 is 1.12 bits per heavy atom. The Morgan fingerprint density at radius 3 is 2.46 bits per heavy atom. The van der Waals surface area contributed by atoms with Gasteiger partial charge in [0.2, 0.25) is 0 Å². The van der Waals surface area contributed by atoms with Gasteiger partial charge in [0.1, 0.15) is 11.8 Å². The Balaban J connectivity index is 1.72. The Morgan fingerprint density at radius 2 is 1.81 bits per heavy atom. The molecule has 0 N–H and O–H groups in total. The van der Waals surface area contributed by atoms with E-state index in [0.29, 0.717) is 10.7 Å². The highest BCUT2D eigenvalue weighted by Crippen LogP contribution is 2.33. The van der Waals surface area contributed by atoms with Gasteiger partial charge in [0.25, 0.3) is 11.1 Å². The van der Waals surface area contributed by atoms with E-state index >= 15 is 0 Å². The summed E-state index contributed by atoms with van der Waals surface area (Å²) in [6, 6.07) is 16.7. The van der Waals surface area contributed by atoms with Crippen molar-refractivity contribution < 1.29 is 14.3 Å². The molecule has 2 amide bonds. The third kappa shape index (κ3) is 4.13. The lowest BCUT2D eigenvalue weighted by Crippen LogP contribution is -2.27. The number of carbonyl (C=O) groups is 2. The van der Waals surface area contributed by atoms with Gasteiger partial charge in [-0.05, 0) is 48.0 Å². The average molecular weight is 364 g/mol. The molecule has 1 fully saturated rings. The van der Waals surface area contributed by atoms with Gasteiger partial charge < -0.3 is 4.74 Å². The molecule has 1 saturated heterocycles. The summed E-state index contributed by atoms with van der Waals surface area (Å²) in [6.07, 6.45) is 1.69. The van der Waals surface area contributed by atoms with Crippen molar-refractivity contribution in [3.05, 3.63) is 70.1 Å². The molecule has 6 heteroatoms. The van der Waals surface area contributed by atoms with E-state index in [4.69, 9.17) is 10.00 Å². The van der Waals surface area contributed by atoms with Gasteiger partial charge in [0.05, 0.1) is 11.4 Å². The van der Waals surface area contributed by atoms with Gasteiger partial charge in [0.15, 0.2) is 6.61 Å². The van der Waals surface area contributed by atoms with Crippen molar-refractivity contribution in [1.82, 2.24) is 4.90 Å². The van der Waals surface area contributed by atoms with E-state index in [0.717, 1.165) is 28.5 Å². The highest BCUT2D eigenvalue weighted by atomic mass is 32.2. The van der Waals surface area contributed by atoms with Crippen molar-refractivity contribution in [3.8, 4) is 11.8 Å². The quantitative estimate of drug-likeness (QED) is 0.746. The predicted octanol–water partition coefficient (Wildman–Crippen LogP) is 4.13. The van der Waals surface area contributed by atoms with E-state index in [1.165, 1.54) is 4.90 Å². The molecule has 130 valence electrons. The van der Waals surface area contributed by atoms with Crippen LogP contribution in [-0.4, -0.2) is 22.7 Å². The number of imide groups is 1. The van der Waals surface area contributed by atoms with E-state index in [9.17, 15) is 9.59 Å². The van der Waals surface area contributed by atoms with Crippen LogP contribution in [0.2, 0.25) is 0 Å². The van der Waals surface area contributed by atoms with Crippen LogP contribution in [0.25, 0.3) is 6.08 Å². The molecule has 0 radical (unpaired) electrons. The van der Waals surface area contributed by atoms with Crippen LogP contribution in [0.15, 0.2) is 53.4 Å². The van der Waals surface area contributed by atoms with E-state index in [1.54, 1.807) is 30.3 Å². The zero-order valence-electron chi connectivity index (χ0n) is 14.1. The molecule has 2 aromatic carbocycles. The van der Waals surface area contributed by atoms with Crippen LogP contribution in [0.4, 0.5) is 4.79 Å². The first-order valence-corrected chi connectivity index (χ1v) is 8.79. The molecular weight excluding hydrogens is 348 g/mol. The molecule has 3 rings (SSSR count). The van der Waals surface area contributed by atoms with Gasteiger partial charge in [-0.15, -0.1) is 0 Å². The minimum atomic E-state index is -0.287. The highest BCUT2D eigenvalue weighted by Gasteiger charge is 2.34. The zero-order valence-corrected chi connectivity index (χ0v) is 15.0. The van der Waals surface area contributed by atoms with Gasteiger partial charge in [-0.3, -0.25) is 14.5 Å². The molecule has 1 aliphatic rings. The molecular formula is C20H16N2O3S. The van der Waals surface area contributed by atoms with Gasteiger partial charge in [-0.1, -0.05) is 42.0 Å². The maximum atomic E-state index is 12.6. The molecule has 1 heterocycles. The molecule has 0 aromatic heterocycles. The number of benzene rings is 2. The summed E-state index contributed by atoms with van der Waals surface area (Å²) in [5, 5.41) is 8.24. The molecule has 0 spiro atoms. The number of ether oxygens (including phenoxy) is 1. The molecule has 5 nitrogen and oxygen atoms in total. The van der Waals surface area contributed by atoms with Crippen LogP contribution in [-0.2, 0) is 11.3 Å². The maximum absolute atomic E-state index is 12.6. The second kappa shape index (κ2) is 7.89. The summed E-state index contributed by atoms with van der Waals surface area (Å²) in [5.74, 6) is 0.293. The van der Waals surface area contributed by atoms with Gasteiger partial charge in [0, 0.05) is 0 Å². The third-order valence-corrected chi connectivity index (χ3v) is 4.72. The monoisotopic (exact) mass is 364 g/mol. The van der Waals surface area contributed by atoms with Crippen molar-refractivity contribution in [3.63, 3.8) is 0 Å². The summed E-state index contributed by atoms with van der Waals surface area (Å²) >= 11 is 0.941. The third-order valence-electron chi connectivity index (χ3n) is 3.82. The Bertz CT molecular complexity index is 896. The van der Waals surface area contributed by atoms with Crippen LogP contribution < -0.4 is 4.74 Å². The first-order valence-electron chi connectivity index (χ1n) is 7.97. The van der Waals surface area contributed by atoms with Gasteiger partial charge in [-0.25, -0.2) is 0 Å². The van der Waals surface area contributed by atoms with Crippen LogP contribution in [0.3, 0.4) is 0 Å². The standard InChI is InChI=1S/C20H16N2O3S/c1-14-2-4-16(5-3-14)13-22-19(23)18(26-20(22)24)12-15-6-8-17(9-7-15)25-11-10-21/h2-9,12H,11,13H2,1H3/b18-12-. The van der Waals surface area contributed by atoms with Crippen molar-refractivity contribution in [1.29, 1.82) is 5.26 Å². The lowest BCUT2D eigenvalue weighted by atomic mass is 10.1. The number of hydrogen-bond donors (Lipinski definition) is 0. The fraction of sp³-hybridized carbons (Fsp3) is 0.150. The number of carbonyl (C=O) groups excluding carboxylic acids is 2. The predicted molar refractivity (Wildman–Crippen MR) is 100 cm³/mol. The normalized spacial score (nSPS) is 15.4. The number of rotatable bonds is 5. The number of nitriles is 1. The molecule has 26 heavy (non-hydrogen) atoms. The molecule has 2 aromatic rings. The lowest BCUT2D eigenvalue weighted by molar-refractivity contribution is -0.123. The zero-order chi connectivity index (χ0) is 18.5. The minimum absolute atomic E-state index is 0.0166. The van der Waals surface area contributed by atoms with Crippen LogP contribution in [0, 0.1) is 18.3 Å². The van der Waals surface area contributed by atoms with E-state index in [1.807, 2.05) is 37.3 Å². The summed E-state index contributed by atoms with van der Waals surface area (Å²) in [7, 11) is 0. The molecule has 0 saturated carbocycles. The molecule has 0 aliphatic carbocycles. The highest BCUT2D eigenvalue weighted by molar-refractivity contribution is 8.18. The Hall–Kier alpha value is -3.04. The van der Waals surface area contributed by atoms with Gasteiger partial charge >= 0.3 is 0 Å². The number of thioether (sulfide) groups is 1. The van der Waals surface area contributed by atoms with Crippen LogP contribution in [0.1, 0.15) is 16.7 Å². The second-order valence-electron chi connectivity index (χ2n) is 5.77. The SMILES string of the molecule is Cc1ccc(CN2C(=O)S/C(=C\c3ccc(OCC#N)cc3)C2=O)cc1. The molecule has 0 bridgehead atoms. The fourth-order valence-electron chi connectivity index (χ4n) is 2.44. The van der Waals surface area contributed by atoms with Crippen molar-refractivity contribution >= 4 is 29.0 Å². The summed E-state index contributed by atoms with van der Waals surface area (Å²) in [5.41, 5.74) is 2.83. The smallest absolute Gasteiger partial charge is 0.293 e. The maximum Gasteiger partial charge on any atom is 0.293 e. The topological polar surface area (TPSA) is 70.4 Å². The fourth-order valence-corrected chi connectivity index (χ4v) is 3.28. The lowest BCUT2D eigenvalue weighted by Gasteiger charge is -2.12. The summed E-state index contributed by atoms with van der Waals surface area (Å²) in [6.45, 7) is 2.24. The average Bonchev–Trinajstić information content (AvgIpc) is 2.90. The molecule has 0 atom stereocenters. The number of nitrogens with zero attached hydrogens (tertiary/aromatic N) is 2.